The molecule has 0 aliphatic carbocycles. The molecular formula is C40H68N6O7. The number of amides is 5. The Bertz CT molecular complexity index is 1330. The first kappa shape index (κ1) is 45.6. The van der Waals surface area contributed by atoms with E-state index in [0.717, 1.165) is 18.4 Å². The predicted octanol–water partition coefficient (Wildman–Crippen LogP) is 2.77. The summed E-state index contributed by atoms with van der Waals surface area (Å²) in [5.74, 6) is -2.12. The van der Waals surface area contributed by atoms with Crippen LogP contribution < -0.4 is 21.3 Å². The largest absolute Gasteiger partial charge is 0.379 e. The van der Waals surface area contributed by atoms with Crippen molar-refractivity contribution in [2.24, 2.45) is 23.7 Å². The standard InChI is InChI=1S/C40H68N6O7/c1-13-26(6)35(45(10)40(51)34(25(4)5)44-39(50)33(41-8)24(2)3)31(52-11)23-32(47)46-21-17-20-30(46)36(53-12)27(7)37(48)43-29(38(49)42-9)22-28-18-15-14-16-19-28/h14-16,18-19,24-27,29-31,33-36,41H,13,17,20-23H2,1-12H3,(H,42,49)(H,43,48)(H,44,50)/t26?,27-,29?,30+,31-,33+,34+,35+,36-/m1/s1. The van der Waals surface area contributed by atoms with Crippen LogP contribution in [0.5, 0.6) is 0 Å². The number of methoxy groups -OCH3 is 2. The van der Waals surface area contributed by atoms with Crippen molar-refractivity contribution in [2.75, 3.05) is 41.9 Å². The van der Waals surface area contributed by atoms with Crippen LogP contribution in [0.25, 0.3) is 0 Å². The molecular weight excluding hydrogens is 676 g/mol. The SMILES string of the molecule is CCC(C)[C@@H]([C@@H](CC(=O)N1CCC[C@H]1[C@H](OC)[C@@H](C)C(=O)NC(Cc1ccccc1)C(=O)NC)OC)N(C)C(=O)[C@@H](NC(=O)[C@@H](NC)C(C)C)C(C)C. The molecule has 13 nitrogen and oxygen atoms in total. The highest BCUT2D eigenvalue weighted by atomic mass is 16.5. The summed E-state index contributed by atoms with van der Waals surface area (Å²) in [6.45, 7) is 14.0. The van der Waals surface area contributed by atoms with Crippen molar-refractivity contribution in [1.29, 1.82) is 0 Å². The summed E-state index contributed by atoms with van der Waals surface area (Å²) in [5, 5.41) is 11.6. The summed E-state index contributed by atoms with van der Waals surface area (Å²) >= 11 is 0. The maximum absolute atomic E-state index is 14.2. The smallest absolute Gasteiger partial charge is 0.245 e. The third-order valence-corrected chi connectivity index (χ3v) is 10.9. The van der Waals surface area contributed by atoms with Gasteiger partial charge in [0.05, 0.1) is 42.7 Å². The van der Waals surface area contributed by atoms with Gasteiger partial charge in [-0.2, -0.15) is 0 Å². The van der Waals surface area contributed by atoms with E-state index in [9.17, 15) is 24.0 Å². The van der Waals surface area contributed by atoms with Crippen LogP contribution in [-0.4, -0.2) is 124 Å². The lowest BCUT2D eigenvalue weighted by Gasteiger charge is -2.41. The van der Waals surface area contributed by atoms with E-state index in [-0.39, 0.29) is 59.8 Å². The molecule has 4 N–H and O–H groups in total. The number of likely N-dealkylation sites (tertiary alicyclic amines) is 1. The summed E-state index contributed by atoms with van der Waals surface area (Å²) in [7, 11) is 8.08. The number of hydrogen-bond acceptors (Lipinski definition) is 8. The highest BCUT2D eigenvalue weighted by Gasteiger charge is 2.43. The summed E-state index contributed by atoms with van der Waals surface area (Å²) in [6, 6.07) is 6.66. The van der Waals surface area contributed by atoms with E-state index >= 15 is 0 Å². The van der Waals surface area contributed by atoms with E-state index in [1.54, 1.807) is 37.9 Å². The van der Waals surface area contributed by atoms with Crippen molar-refractivity contribution in [3.63, 3.8) is 0 Å². The zero-order chi connectivity index (χ0) is 40.0. The van der Waals surface area contributed by atoms with Gasteiger partial charge in [-0.05, 0) is 43.2 Å². The summed E-state index contributed by atoms with van der Waals surface area (Å²) in [5.41, 5.74) is 0.915. The molecule has 1 aromatic rings. The average Bonchev–Trinajstić information content (AvgIpc) is 3.62. The van der Waals surface area contributed by atoms with E-state index < -0.39 is 42.3 Å². The molecule has 2 rings (SSSR count). The second-order valence-corrected chi connectivity index (χ2v) is 15.2. The van der Waals surface area contributed by atoms with Crippen LogP contribution in [-0.2, 0) is 39.9 Å². The lowest BCUT2D eigenvalue weighted by Crippen LogP contribution is -2.59. The molecule has 2 unspecified atom stereocenters. The molecule has 1 saturated heterocycles. The molecule has 0 aromatic heterocycles. The van der Waals surface area contributed by atoms with Gasteiger partial charge in [0, 0.05) is 41.3 Å². The van der Waals surface area contributed by atoms with Gasteiger partial charge in [-0.15, -0.1) is 0 Å². The topological polar surface area (TPSA) is 158 Å². The van der Waals surface area contributed by atoms with Crippen LogP contribution >= 0.6 is 0 Å². The number of nitrogens with one attached hydrogen (secondary N) is 4. The van der Waals surface area contributed by atoms with Gasteiger partial charge in [0.25, 0.3) is 0 Å². The Morgan fingerprint density at radius 2 is 1.49 bits per heavy atom. The molecule has 300 valence electrons. The van der Waals surface area contributed by atoms with Gasteiger partial charge in [-0.25, -0.2) is 0 Å². The fraction of sp³-hybridized carbons (Fsp3) is 0.725. The number of likely N-dealkylation sites (N-methyl/N-ethyl adjacent to an activating group) is 3. The molecule has 9 atom stereocenters. The van der Waals surface area contributed by atoms with Crippen molar-refractivity contribution < 1.29 is 33.4 Å². The Kier molecular flexibility index (Phi) is 18.9. The van der Waals surface area contributed by atoms with E-state index in [1.165, 1.54) is 14.2 Å². The Balaban J connectivity index is 2.27. The average molecular weight is 745 g/mol. The lowest BCUT2D eigenvalue weighted by molar-refractivity contribution is -0.148. The van der Waals surface area contributed by atoms with Gasteiger partial charge in [0.1, 0.15) is 12.1 Å². The molecule has 1 aliphatic rings. The molecule has 13 heteroatoms. The Morgan fingerprint density at radius 3 is 2.00 bits per heavy atom. The lowest BCUT2D eigenvalue weighted by atomic mass is 9.89. The molecule has 0 saturated carbocycles. The van der Waals surface area contributed by atoms with Crippen LogP contribution in [0.4, 0.5) is 0 Å². The molecule has 5 amide bonds. The van der Waals surface area contributed by atoms with Crippen LogP contribution in [0.1, 0.15) is 79.7 Å². The maximum Gasteiger partial charge on any atom is 0.245 e. The van der Waals surface area contributed by atoms with Crippen LogP contribution in [0.2, 0.25) is 0 Å². The quantitative estimate of drug-likeness (QED) is 0.150. The number of nitrogens with zero attached hydrogens (tertiary/aromatic N) is 2. The molecule has 0 radical (unpaired) electrons. The van der Waals surface area contributed by atoms with E-state index in [4.69, 9.17) is 9.47 Å². The van der Waals surface area contributed by atoms with Crippen molar-refractivity contribution in [1.82, 2.24) is 31.1 Å². The van der Waals surface area contributed by atoms with Crippen LogP contribution in [0.15, 0.2) is 30.3 Å². The summed E-state index contributed by atoms with van der Waals surface area (Å²) in [6.07, 6.45) is 1.21. The number of rotatable bonds is 21. The van der Waals surface area contributed by atoms with Gasteiger partial charge in [-0.3, -0.25) is 24.0 Å². The van der Waals surface area contributed by atoms with Gasteiger partial charge in [0.2, 0.25) is 29.5 Å². The Morgan fingerprint density at radius 1 is 0.868 bits per heavy atom. The van der Waals surface area contributed by atoms with Crippen LogP contribution in [0.3, 0.4) is 0 Å². The fourth-order valence-corrected chi connectivity index (χ4v) is 7.59. The Hall–Kier alpha value is -3.55. The van der Waals surface area contributed by atoms with Crippen molar-refractivity contribution in [2.45, 2.75) is 123 Å². The molecule has 0 spiro atoms. The second-order valence-electron chi connectivity index (χ2n) is 15.2. The third-order valence-electron chi connectivity index (χ3n) is 10.9. The first-order valence-electron chi connectivity index (χ1n) is 19.2. The second kappa shape index (κ2) is 22.0. The normalized spacial score (nSPS) is 19.1. The zero-order valence-electron chi connectivity index (χ0n) is 34.2. The van der Waals surface area contributed by atoms with Crippen molar-refractivity contribution in [3.8, 4) is 0 Å². The summed E-state index contributed by atoms with van der Waals surface area (Å²) < 4.78 is 11.9. The number of hydrogen-bond donors (Lipinski definition) is 4. The molecule has 0 bridgehead atoms. The Labute approximate surface area is 318 Å². The molecule has 53 heavy (non-hydrogen) atoms. The number of benzene rings is 1. The highest BCUT2D eigenvalue weighted by Crippen LogP contribution is 2.30. The number of ether oxygens (including phenoxy) is 2. The zero-order valence-corrected chi connectivity index (χ0v) is 34.2. The van der Waals surface area contributed by atoms with Gasteiger partial charge in [0.15, 0.2) is 0 Å². The third kappa shape index (κ3) is 12.2. The molecule has 1 fully saturated rings. The molecule has 1 aliphatic heterocycles. The van der Waals surface area contributed by atoms with Gasteiger partial charge in [-0.1, -0.05) is 85.2 Å². The van der Waals surface area contributed by atoms with Crippen molar-refractivity contribution in [3.05, 3.63) is 35.9 Å². The first-order valence-corrected chi connectivity index (χ1v) is 19.2. The van der Waals surface area contributed by atoms with E-state index in [2.05, 4.69) is 21.3 Å². The van der Waals surface area contributed by atoms with E-state index in [1.807, 2.05) is 71.9 Å². The maximum atomic E-state index is 14.2. The minimum Gasteiger partial charge on any atom is -0.379 e. The predicted molar refractivity (Wildman–Crippen MR) is 207 cm³/mol. The fourth-order valence-electron chi connectivity index (χ4n) is 7.59. The van der Waals surface area contributed by atoms with Gasteiger partial charge < -0.3 is 40.5 Å². The minimum absolute atomic E-state index is 0.0142. The van der Waals surface area contributed by atoms with Crippen molar-refractivity contribution >= 4 is 29.5 Å². The molecule has 1 heterocycles. The number of carbonyl (C=O) groups is 5. The number of carbonyl (C=O) groups excluding carboxylic acids is 5. The summed E-state index contributed by atoms with van der Waals surface area (Å²) in [4.78, 5) is 71.4. The van der Waals surface area contributed by atoms with Crippen LogP contribution in [0, 0.1) is 23.7 Å². The molecule has 1 aromatic carbocycles. The van der Waals surface area contributed by atoms with Gasteiger partial charge >= 0.3 is 0 Å². The van der Waals surface area contributed by atoms with E-state index in [0.29, 0.717) is 19.4 Å². The monoisotopic (exact) mass is 745 g/mol. The first-order chi connectivity index (χ1) is 25.1. The minimum atomic E-state index is -0.778. The highest BCUT2D eigenvalue weighted by molar-refractivity contribution is 5.90.